The molecular weight excluding hydrogens is 321 g/mol. The van der Waals surface area contributed by atoms with Gasteiger partial charge in [0.05, 0.1) is 11.5 Å². The second-order valence-electron chi connectivity index (χ2n) is 5.14. The van der Waals surface area contributed by atoms with Crippen molar-refractivity contribution in [3.63, 3.8) is 0 Å². The molecule has 1 aromatic rings. The van der Waals surface area contributed by atoms with E-state index < -0.39 is 22.7 Å². The highest BCUT2D eigenvalue weighted by molar-refractivity contribution is 7.89. The van der Waals surface area contributed by atoms with E-state index in [4.69, 9.17) is 10.5 Å². The van der Waals surface area contributed by atoms with Gasteiger partial charge in [0.25, 0.3) is 0 Å². The van der Waals surface area contributed by atoms with Crippen molar-refractivity contribution < 1.29 is 26.3 Å². The number of sulfonamides is 1. The van der Waals surface area contributed by atoms with E-state index in [0.717, 1.165) is 18.4 Å². The smallest absolute Gasteiger partial charge is 0.398 e. The zero-order valence-corrected chi connectivity index (χ0v) is 12.5. The number of nitrogens with two attached hydrogens (primary N) is 1. The number of nitrogen functional groups attached to an aromatic ring is 1. The molecule has 1 heterocycles. The monoisotopic (exact) mass is 338 g/mol. The maximum atomic E-state index is 12.1. The molecule has 1 atom stereocenters. The van der Waals surface area contributed by atoms with Crippen LogP contribution in [0.4, 0.5) is 18.9 Å². The molecule has 5 nitrogen and oxygen atoms in total. The number of ether oxygens (including phenoxy) is 1. The van der Waals surface area contributed by atoms with Crippen LogP contribution in [0.5, 0.6) is 0 Å². The number of rotatable bonds is 4. The summed E-state index contributed by atoms with van der Waals surface area (Å²) in [5.74, 6) is 0.0774. The third-order valence-corrected chi connectivity index (χ3v) is 4.83. The Morgan fingerprint density at radius 1 is 1.36 bits per heavy atom. The van der Waals surface area contributed by atoms with Gasteiger partial charge in [-0.1, -0.05) is 6.07 Å². The Labute approximate surface area is 126 Å². The molecule has 0 aliphatic carbocycles. The lowest BCUT2D eigenvalue weighted by molar-refractivity contribution is -0.121. The zero-order chi connectivity index (χ0) is 16.4. The van der Waals surface area contributed by atoms with Crippen LogP contribution in [0.15, 0.2) is 23.1 Å². The minimum atomic E-state index is -4.61. The molecule has 1 fully saturated rings. The number of hydrogen-bond acceptors (Lipinski definition) is 4. The summed E-state index contributed by atoms with van der Waals surface area (Å²) >= 11 is 0. The Morgan fingerprint density at radius 2 is 2.09 bits per heavy atom. The summed E-state index contributed by atoms with van der Waals surface area (Å²) in [4.78, 5) is -0.283. The van der Waals surface area contributed by atoms with Crippen molar-refractivity contribution in [1.29, 1.82) is 0 Å². The summed E-state index contributed by atoms with van der Waals surface area (Å²) < 4.78 is 66.9. The van der Waals surface area contributed by atoms with E-state index in [2.05, 4.69) is 0 Å². The first-order valence-electron chi connectivity index (χ1n) is 6.72. The minimum Gasteiger partial charge on any atom is -0.398 e. The first-order valence-corrected chi connectivity index (χ1v) is 8.21. The number of halogens is 3. The maximum absolute atomic E-state index is 12.1. The van der Waals surface area contributed by atoms with Gasteiger partial charge in [0.1, 0.15) is 6.54 Å². The largest absolute Gasteiger partial charge is 0.402 e. The van der Waals surface area contributed by atoms with Crippen LogP contribution < -0.4 is 10.5 Å². The topological polar surface area (TPSA) is 81.4 Å². The van der Waals surface area contributed by atoms with Crippen molar-refractivity contribution in [2.24, 2.45) is 0 Å². The fraction of sp³-hybridized carbons (Fsp3) is 0.538. The quantitative estimate of drug-likeness (QED) is 0.823. The molecule has 0 saturated carbocycles. The Bertz CT molecular complexity index is 626. The molecule has 0 radical (unpaired) electrons. The van der Waals surface area contributed by atoms with Crippen LogP contribution in [0.1, 0.15) is 24.3 Å². The van der Waals surface area contributed by atoms with Crippen LogP contribution in [-0.2, 0) is 14.8 Å². The highest BCUT2D eigenvalue weighted by atomic mass is 32.2. The molecule has 1 unspecified atom stereocenters. The van der Waals surface area contributed by atoms with Crippen LogP contribution in [0.25, 0.3) is 0 Å². The number of nitrogens with one attached hydrogen (secondary N) is 1. The molecule has 2 rings (SSSR count). The van der Waals surface area contributed by atoms with Crippen LogP contribution >= 0.6 is 0 Å². The summed E-state index contributed by atoms with van der Waals surface area (Å²) in [6, 6.07) is 3.98. The lowest BCUT2D eigenvalue weighted by atomic mass is 9.92. The van der Waals surface area contributed by atoms with Crippen LogP contribution in [0.2, 0.25) is 0 Å². The van der Waals surface area contributed by atoms with Crippen LogP contribution in [0.3, 0.4) is 0 Å². The molecule has 0 spiro atoms. The molecule has 1 saturated heterocycles. The zero-order valence-electron chi connectivity index (χ0n) is 11.7. The predicted molar refractivity (Wildman–Crippen MR) is 74.9 cm³/mol. The van der Waals surface area contributed by atoms with Gasteiger partial charge in [-0.05, 0) is 30.5 Å². The Morgan fingerprint density at radius 3 is 2.64 bits per heavy atom. The van der Waals surface area contributed by atoms with E-state index in [9.17, 15) is 21.6 Å². The second kappa shape index (κ2) is 6.43. The molecule has 3 N–H and O–H groups in total. The molecule has 124 valence electrons. The average molecular weight is 338 g/mol. The molecule has 0 amide bonds. The van der Waals surface area contributed by atoms with Gasteiger partial charge in [-0.3, -0.25) is 0 Å². The molecule has 0 aromatic heterocycles. The van der Waals surface area contributed by atoms with Gasteiger partial charge in [0, 0.05) is 18.2 Å². The van der Waals surface area contributed by atoms with E-state index >= 15 is 0 Å². The van der Waals surface area contributed by atoms with E-state index in [0.29, 0.717) is 13.2 Å². The standard InChI is InChI=1S/C13H17F3N2O3S/c14-13(15,16)8-18-22(19,20)10-3-4-11(12(17)6-10)9-2-1-5-21-7-9/h3-4,6,9,18H,1-2,5,7-8,17H2. The fourth-order valence-corrected chi connectivity index (χ4v) is 3.39. The summed E-state index contributed by atoms with van der Waals surface area (Å²) in [7, 11) is -4.24. The SMILES string of the molecule is Nc1cc(S(=O)(=O)NCC(F)(F)F)ccc1C1CCCOC1. The van der Waals surface area contributed by atoms with E-state index in [-0.39, 0.29) is 16.5 Å². The third-order valence-electron chi connectivity index (χ3n) is 3.43. The van der Waals surface area contributed by atoms with Gasteiger partial charge >= 0.3 is 6.18 Å². The number of hydrogen-bond donors (Lipinski definition) is 2. The minimum absolute atomic E-state index is 0.0774. The number of benzene rings is 1. The van der Waals surface area contributed by atoms with Gasteiger partial charge in [-0.2, -0.15) is 13.2 Å². The number of alkyl halides is 3. The highest BCUT2D eigenvalue weighted by Crippen LogP contribution is 2.31. The van der Waals surface area contributed by atoms with Crippen molar-refractivity contribution in [3.05, 3.63) is 23.8 Å². The molecule has 1 aliphatic heterocycles. The molecule has 22 heavy (non-hydrogen) atoms. The van der Waals surface area contributed by atoms with E-state index in [1.165, 1.54) is 22.9 Å². The first-order chi connectivity index (χ1) is 10.2. The second-order valence-corrected chi connectivity index (χ2v) is 6.91. The van der Waals surface area contributed by atoms with Crippen molar-refractivity contribution in [1.82, 2.24) is 4.72 Å². The molecule has 1 aromatic carbocycles. The van der Waals surface area contributed by atoms with Crippen LogP contribution in [0, 0.1) is 0 Å². The van der Waals surface area contributed by atoms with E-state index in [1.807, 2.05) is 0 Å². The predicted octanol–water partition coefficient (Wildman–Crippen LogP) is 2.00. The number of anilines is 1. The fourth-order valence-electron chi connectivity index (χ4n) is 2.34. The average Bonchev–Trinajstić information content (AvgIpc) is 2.45. The van der Waals surface area contributed by atoms with Crippen molar-refractivity contribution in [3.8, 4) is 0 Å². The van der Waals surface area contributed by atoms with E-state index in [1.54, 1.807) is 0 Å². The molecule has 0 bridgehead atoms. The maximum Gasteiger partial charge on any atom is 0.402 e. The van der Waals surface area contributed by atoms with Gasteiger partial charge in [0.2, 0.25) is 10.0 Å². The summed E-state index contributed by atoms with van der Waals surface area (Å²) in [6.45, 7) is -0.430. The summed E-state index contributed by atoms with van der Waals surface area (Å²) in [6.07, 6.45) is -2.85. The van der Waals surface area contributed by atoms with Gasteiger partial charge < -0.3 is 10.5 Å². The Hall–Kier alpha value is -1.32. The lowest BCUT2D eigenvalue weighted by Crippen LogP contribution is -2.33. The molecular formula is C13H17F3N2O3S. The third kappa shape index (κ3) is 4.34. The normalized spacial score (nSPS) is 20.0. The lowest BCUT2D eigenvalue weighted by Gasteiger charge is -2.24. The first kappa shape index (κ1) is 17.0. The van der Waals surface area contributed by atoms with Gasteiger partial charge in [-0.15, -0.1) is 0 Å². The van der Waals surface area contributed by atoms with Gasteiger partial charge in [-0.25, -0.2) is 13.1 Å². The molecule has 9 heteroatoms. The van der Waals surface area contributed by atoms with Crippen molar-refractivity contribution in [2.75, 3.05) is 25.5 Å². The summed E-state index contributed by atoms with van der Waals surface area (Å²) in [5.41, 5.74) is 6.86. The Balaban J connectivity index is 2.17. The summed E-state index contributed by atoms with van der Waals surface area (Å²) in [5, 5.41) is 0. The van der Waals surface area contributed by atoms with Gasteiger partial charge in [0.15, 0.2) is 0 Å². The highest BCUT2D eigenvalue weighted by Gasteiger charge is 2.30. The van der Waals surface area contributed by atoms with Crippen LogP contribution in [-0.4, -0.2) is 34.4 Å². The molecule has 1 aliphatic rings. The Kier molecular flexibility index (Phi) is 4.98. The van der Waals surface area contributed by atoms with Crippen molar-refractivity contribution in [2.45, 2.75) is 29.8 Å². The van der Waals surface area contributed by atoms with Crippen molar-refractivity contribution >= 4 is 15.7 Å².